The molecule has 0 aliphatic carbocycles. The van der Waals surface area contributed by atoms with Gasteiger partial charge in [0.1, 0.15) is 11.6 Å². The first-order valence-electron chi connectivity index (χ1n) is 5.57. The van der Waals surface area contributed by atoms with Crippen molar-refractivity contribution < 1.29 is 8.78 Å². The molecule has 2 aromatic rings. The number of benzene rings is 1. The van der Waals surface area contributed by atoms with E-state index in [2.05, 4.69) is 20.9 Å². The van der Waals surface area contributed by atoms with Crippen molar-refractivity contribution in [2.75, 3.05) is 0 Å². The zero-order chi connectivity index (χ0) is 14.2. The highest BCUT2D eigenvalue weighted by Gasteiger charge is 2.12. The number of nitrogens with zero attached hydrogens (tertiary/aromatic N) is 2. The second kappa shape index (κ2) is 5.21. The summed E-state index contributed by atoms with van der Waals surface area (Å²) in [7, 11) is 0. The molecule has 0 bridgehead atoms. The Morgan fingerprint density at radius 1 is 1.32 bits per heavy atom. The topological polar surface area (TPSA) is 34.9 Å². The van der Waals surface area contributed by atoms with Gasteiger partial charge in [0.15, 0.2) is 0 Å². The molecule has 19 heavy (non-hydrogen) atoms. The smallest absolute Gasteiger partial charge is 0.291 e. The zero-order valence-corrected chi connectivity index (χ0v) is 12.0. The number of aryl methyl sites for hydroxylation is 1. The van der Waals surface area contributed by atoms with Crippen LogP contribution in [-0.4, -0.2) is 9.55 Å². The highest BCUT2D eigenvalue weighted by molar-refractivity contribution is 9.10. The minimum atomic E-state index is -0.678. The van der Waals surface area contributed by atoms with E-state index in [0.717, 1.165) is 12.1 Å². The Kier molecular flexibility index (Phi) is 3.80. The molecule has 6 heteroatoms. The molecule has 0 aliphatic rings. The number of halogens is 3. The van der Waals surface area contributed by atoms with Crippen LogP contribution in [0, 0.1) is 25.5 Å². The molecule has 0 N–H and O–H groups in total. The summed E-state index contributed by atoms with van der Waals surface area (Å²) in [4.78, 5) is 15.7. The van der Waals surface area contributed by atoms with Crippen LogP contribution in [0.4, 0.5) is 8.78 Å². The van der Waals surface area contributed by atoms with Crippen molar-refractivity contribution in [1.29, 1.82) is 0 Å². The molecule has 0 atom stereocenters. The maximum Gasteiger partial charge on any atom is 0.348 e. The Bertz CT molecular complexity index is 698. The number of aromatic nitrogens is 2. The van der Waals surface area contributed by atoms with Gasteiger partial charge >= 0.3 is 5.69 Å². The van der Waals surface area contributed by atoms with Crippen molar-refractivity contribution in [2.45, 2.75) is 20.4 Å². The van der Waals surface area contributed by atoms with E-state index in [-0.39, 0.29) is 12.1 Å². The van der Waals surface area contributed by atoms with Crippen LogP contribution < -0.4 is 5.69 Å². The summed E-state index contributed by atoms with van der Waals surface area (Å²) in [6.07, 6.45) is 0. The van der Waals surface area contributed by atoms with Crippen molar-refractivity contribution in [2.24, 2.45) is 0 Å². The first-order chi connectivity index (χ1) is 8.90. The minimum absolute atomic E-state index is 0.0165. The van der Waals surface area contributed by atoms with Gasteiger partial charge in [0, 0.05) is 17.3 Å². The maximum atomic E-state index is 13.6. The fourth-order valence-corrected chi connectivity index (χ4v) is 2.09. The predicted molar refractivity (Wildman–Crippen MR) is 71.1 cm³/mol. The predicted octanol–water partition coefficient (Wildman–Crippen LogP) is 2.95. The molecule has 0 aliphatic heterocycles. The highest BCUT2D eigenvalue weighted by atomic mass is 79.9. The molecule has 1 aromatic carbocycles. The Hall–Kier alpha value is -1.56. The maximum absolute atomic E-state index is 13.6. The molecule has 0 radical (unpaired) electrons. The second-order valence-corrected chi connectivity index (χ2v) is 4.99. The van der Waals surface area contributed by atoms with Gasteiger partial charge in [-0.15, -0.1) is 0 Å². The Morgan fingerprint density at radius 3 is 2.63 bits per heavy atom. The van der Waals surface area contributed by atoms with E-state index in [4.69, 9.17) is 0 Å². The van der Waals surface area contributed by atoms with Crippen molar-refractivity contribution in [3.63, 3.8) is 0 Å². The minimum Gasteiger partial charge on any atom is -0.291 e. The quantitative estimate of drug-likeness (QED) is 0.849. The summed E-state index contributed by atoms with van der Waals surface area (Å²) in [5.74, 6) is -1.32. The molecule has 100 valence electrons. The standard InChI is InChI=1S/C13H11BrF2N2O/c1-7-12(14)8(2)18(13(19)17-7)6-9-3-4-10(15)5-11(9)16/h3-5H,6H2,1-2H3. The van der Waals surface area contributed by atoms with E-state index in [9.17, 15) is 13.6 Å². The van der Waals surface area contributed by atoms with E-state index in [1.54, 1.807) is 13.8 Å². The van der Waals surface area contributed by atoms with Crippen LogP contribution in [0.15, 0.2) is 27.5 Å². The van der Waals surface area contributed by atoms with Crippen molar-refractivity contribution in [1.82, 2.24) is 9.55 Å². The van der Waals surface area contributed by atoms with E-state index in [1.807, 2.05) is 0 Å². The van der Waals surface area contributed by atoms with Crippen LogP contribution in [0.3, 0.4) is 0 Å². The third-order valence-corrected chi connectivity index (χ3v) is 4.03. The van der Waals surface area contributed by atoms with Gasteiger partial charge in [0.2, 0.25) is 0 Å². The molecule has 0 saturated carbocycles. The molecular weight excluding hydrogens is 318 g/mol. The van der Waals surface area contributed by atoms with Crippen LogP contribution >= 0.6 is 15.9 Å². The number of hydrogen-bond donors (Lipinski definition) is 0. The lowest BCUT2D eigenvalue weighted by Crippen LogP contribution is -2.27. The molecule has 3 nitrogen and oxygen atoms in total. The molecule has 0 amide bonds. The fourth-order valence-electron chi connectivity index (χ4n) is 1.78. The van der Waals surface area contributed by atoms with E-state index in [0.29, 0.717) is 15.9 Å². The van der Waals surface area contributed by atoms with Crippen LogP contribution in [-0.2, 0) is 6.54 Å². The largest absolute Gasteiger partial charge is 0.348 e. The number of hydrogen-bond acceptors (Lipinski definition) is 2. The summed E-state index contributed by atoms with van der Waals surface area (Å²) in [5, 5.41) is 0. The van der Waals surface area contributed by atoms with Crippen molar-refractivity contribution in [3.8, 4) is 0 Å². The van der Waals surface area contributed by atoms with Gasteiger partial charge in [-0.05, 0) is 35.8 Å². The summed E-state index contributed by atoms with van der Waals surface area (Å²) in [6, 6.07) is 3.28. The lowest BCUT2D eigenvalue weighted by atomic mass is 10.2. The Labute approximate surface area is 117 Å². The molecule has 0 spiro atoms. The molecule has 1 heterocycles. The number of rotatable bonds is 2. The lowest BCUT2D eigenvalue weighted by Gasteiger charge is -2.12. The third kappa shape index (κ3) is 2.73. The molecule has 1 aromatic heterocycles. The Balaban J connectivity index is 2.50. The van der Waals surface area contributed by atoms with E-state index < -0.39 is 17.3 Å². The third-order valence-electron chi connectivity index (χ3n) is 2.88. The van der Waals surface area contributed by atoms with E-state index in [1.165, 1.54) is 10.6 Å². The SMILES string of the molecule is Cc1nc(=O)n(Cc2ccc(F)cc2F)c(C)c1Br. The molecule has 2 rings (SSSR count). The van der Waals surface area contributed by atoms with Crippen LogP contribution in [0.5, 0.6) is 0 Å². The van der Waals surface area contributed by atoms with Gasteiger partial charge < -0.3 is 0 Å². The van der Waals surface area contributed by atoms with Gasteiger partial charge in [0.05, 0.1) is 16.7 Å². The molecule has 0 saturated heterocycles. The van der Waals surface area contributed by atoms with Gasteiger partial charge in [-0.1, -0.05) is 6.07 Å². The van der Waals surface area contributed by atoms with Gasteiger partial charge in [-0.2, -0.15) is 4.98 Å². The van der Waals surface area contributed by atoms with Gasteiger partial charge in [0.25, 0.3) is 0 Å². The Morgan fingerprint density at radius 2 is 2.00 bits per heavy atom. The normalized spacial score (nSPS) is 10.8. The van der Waals surface area contributed by atoms with Crippen LogP contribution in [0.2, 0.25) is 0 Å². The van der Waals surface area contributed by atoms with Crippen LogP contribution in [0.1, 0.15) is 17.0 Å². The zero-order valence-electron chi connectivity index (χ0n) is 10.4. The van der Waals surface area contributed by atoms with Crippen molar-refractivity contribution >= 4 is 15.9 Å². The average Bonchev–Trinajstić information content (AvgIpc) is 2.34. The van der Waals surface area contributed by atoms with Gasteiger partial charge in [-0.3, -0.25) is 4.57 Å². The summed E-state index contributed by atoms with van der Waals surface area (Å²) >= 11 is 3.33. The summed E-state index contributed by atoms with van der Waals surface area (Å²) in [6.45, 7) is 3.46. The van der Waals surface area contributed by atoms with Gasteiger partial charge in [-0.25, -0.2) is 13.6 Å². The van der Waals surface area contributed by atoms with E-state index >= 15 is 0 Å². The average molecular weight is 329 g/mol. The summed E-state index contributed by atoms with van der Waals surface area (Å²) < 4.78 is 28.5. The highest BCUT2D eigenvalue weighted by Crippen LogP contribution is 2.18. The van der Waals surface area contributed by atoms with Crippen molar-refractivity contribution in [3.05, 3.63) is 61.7 Å². The monoisotopic (exact) mass is 328 g/mol. The molecular formula is C13H11BrF2N2O. The second-order valence-electron chi connectivity index (χ2n) is 4.20. The lowest BCUT2D eigenvalue weighted by molar-refractivity contribution is 0.560. The molecule has 0 unspecified atom stereocenters. The summed E-state index contributed by atoms with van der Waals surface area (Å²) in [5.41, 5.74) is 1.02. The molecule has 0 fully saturated rings. The van der Waals surface area contributed by atoms with Crippen LogP contribution in [0.25, 0.3) is 0 Å². The first-order valence-corrected chi connectivity index (χ1v) is 6.37. The fraction of sp³-hybridized carbons (Fsp3) is 0.231. The first kappa shape index (κ1) is 13.9.